The largest absolute Gasteiger partial charge is 0.394 e. The van der Waals surface area contributed by atoms with Gasteiger partial charge >= 0.3 is 0 Å². The molecule has 0 aromatic heterocycles. The molecule has 312 valence electrons. The van der Waals surface area contributed by atoms with Gasteiger partial charge < -0.3 is 15.5 Å². The van der Waals surface area contributed by atoms with Gasteiger partial charge in [0.2, 0.25) is 5.91 Å². The van der Waals surface area contributed by atoms with Gasteiger partial charge in [-0.2, -0.15) is 0 Å². The molecule has 4 heteroatoms. The van der Waals surface area contributed by atoms with Crippen LogP contribution in [-0.2, 0) is 4.79 Å². The van der Waals surface area contributed by atoms with Crippen LogP contribution in [0.5, 0.6) is 0 Å². The first-order valence-electron chi connectivity index (χ1n) is 23.7. The molecule has 2 unspecified atom stereocenters. The third-order valence-electron chi connectivity index (χ3n) is 10.8. The van der Waals surface area contributed by atoms with E-state index >= 15 is 0 Å². The van der Waals surface area contributed by atoms with Crippen molar-refractivity contribution in [3.05, 3.63) is 36.5 Å². The van der Waals surface area contributed by atoms with Gasteiger partial charge in [0.1, 0.15) is 0 Å². The van der Waals surface area contributed by atoms with Crippen LogP contribution in [0.15, 0.2) is 36.5 Å². The maximum Gasteiger partial charge on any atom is 0.220 e. The Balaban J connectivity index is 3.58. The van der Waals surface area contributed by atoms with Crippen molar-refractivity contribution in [2.45, 2.75) is 264 Å². The molecule has 0 aromatic rings. The first-order chi connectivity index (χ1) is 26.2. The van der Waals surface area contributed by atoms with Crippen molar-refractivity contribution < 1.29 is 15.0 Å². The number of nitrogens with one attached hydrogen (secondary N) is 1. The van der Waals surface area contributed by atoms with Crippen LogP contribution in [-0.4, -0.2) is 34.9 Å². The molecule has 0 aromatic carbocycles. The second kappa shape index (κ2) is 45.0. The highest BCUT2D eigenvalue weighted by Crippen LogP contribution is 2.15. The number of unbranched alkanes of at least 4 members (excludes halogenated alkanes) is 32. The zero-order chi connectivity index (χ0) is 38.6. The van der Waals surface area contributed by atoms with Gasteiger partial charge in [0.05, 0.1) is 18.8 Å². The average molecular weight is 744 g/mol. The molecule has 0 spiro atoms. The van der Waals surface area contributed by atoms with Gasteiger partial charge in [-0.05, 0) is 57.8 Å². The predicted molar refractivity (Wildman–Crippen MR) is 235 cm³/mol. The number of carbonyl (C=O) groups is 1. The van der Waals surface area contributed by atoms with E-state index in [2.05, 4.69) is 43.5 Å². The predicted octanol–water partition coefficient (Wildman–Crippen LogP) is 15.0. The van der Waals surface area contributed by atoms with E-state index in [1.165, 1.54) is 199 Å². The molecule has 0 saturated carbocycles. The summed E-state index contributed by atoms with van der Waals surface area (Å²) in [5, 5.41) is 23.0. The Hall–Kier alpha value is -1.39. The van der Waals surface area contributed by atoms with Crippen LogP contribution in [0.3, 0.4) is 0 Å². The zero-order valence-electron chi connectivity index (χ0n) is 35.8. The summed E-state index contributed by atoms with van der Waals surface area (Å²) >= 11 is 0. The van der Waals surface area contributed by atoms with Gasteiger partial charge in [0.15, 0.2) is 0 Å². The Morgan fingerprint density at radius 1 is 0.434 bits per heavy atom. The summed E-state index contributed by atoms with van der Waals surface area (Å²) in [6.45, 7) is 4.31. The Bertz CT molecular complexity index is 806. The first kappa shape index (κ1) is 51.6. The van der Waals surface area contributed by atoms with Gasteiger partial charge in [-0.15, -0.1) is 0 Å². The summed E-state index contributed by atoms with van der Waals surface area (Å²) < 4.78 is 0. The molecule has 0 heterocycles. The van der Waals surface area contributed by atoms with E-state index in [9.17, 15) is 15.0 Å². The summed E-state index contributed by atoms with van der Waals surface area (Å²) in [6.07, 6.45) is 59.8. The van der Waals surface area contributed by atoms with Crippen molar-refractivity contribution in [2.24, 2.45) is 0 Å². The molecule has 0 aliphatic rings. The number of aliphatic hydroxyl groups excluding tert-OH is 2. The minimum Gasteiger partial charge on any atom is -0.394 e. The van der Waals surface area contributed by atoms with E-state index in [0.717, 1.165) is 32.1 Å². The molecule has 0 saturated heterocycles. The summed E-state index contributed by atoms with van der Waals surface area (Å²) in [4.78, 5) is 12.4. The molecule has 0 aliphatic carbocycles. The van der Waals surface area contributed by atoms with Gasteiger partial charge in [-0.25, -0.2) is 0 Å². The number of amides is 1. The Labute approximate surface area is 331 Å². The lowest BCUT2D eigenvalue weighted by Gasteiger charge is -2.19. The SMILES string of the molecule is CCCCCCCCC/C=C\CCCCCCCCCC(=O)NC(CO)C(O)/C=C/CC/C=C/CCCCCCCCCCCCCCCCCCC. The molecule has 2 atom stereocenters. The third-order valence-corrected chi connectivity index (χ3v) is 10.8. The highest BCUT2D eigenvalue weighted by atomic mass is 16.3. The fourth-order valence-corrected chi connectivity index (χ4v) is 7.19. The lowest BCUT2D eigenvalue weighted by molar-refractivity contribution is -0.123. The first-order valence-corrected chi connectivity index (χ1v) is 23.7. The van der Waals surface area contributed by atoms with Crippen LogP contribution < -0.4 is 5.32 Å². The van der Waals surface area contributed by atoms with E-state index in [1.54, 1.807) is 6.08 Å². The molecule has 1 amide bonds. The number of aliphatic hydroxyl groups is 2. The maximum absolute atomic E-state index is 12.4. The summed E-state index contributed by atoms with van der Waals surface area (Å²) in [5.74, 6) is -0.0768. The Morgan fingerprint density at radius 3 is 1.09 bits per heavy atom. The van der Waals surface area contributed by atoms with Crippen molar-refractivity contribution in [1.29, 1.82) is 0 Å². The average Bonchev–Trinajstić information content (AvgIpc) is 3.16. The number of rotatable bonds is 43. The number of allylic oxidation sites excluding steroid dienone is 5. The quantitative estimate of drug-likeness (QED) is 0.0430. The zero-order valence-corrected chi connectivity index (χ0v) is 35.8. The lowest BCUT2D eigenvalue weighted by atomic mass is 10.0. The van der Waals surface area contributed by atoms with Crippen LogP contribution >= 0.6 is 0 Å². The fourth-order valence-electron chi connectivity index (χ4n) is 7.19. The third kappa shape index (κ3) is 41.6. The summed E-state index contributed by atoms with van der Waals surface area (Å²) in [7, 11) is 0. The van der Waals surface area contributed by atoms with Crippen LogP contribution in [0.2, 0.25) is 0 Å². The van der Waals surface area contributed by atoms with Gasteiger partial charge in [0.25, 0.3) is 0 Å². The molecule has 0 fully saturated rings. The van der Waals surface area contributed by atoms with Crippen LogP contribution in [0, 0.1) is 0 Å². The van der Waals surface area contributed by atoms with Gasteiger partial charge in [-0.3, -0.25) is 4.79 Å². The molecular weight excluding hydrogens is 651 g/mol. The molecule has 53 heavy (non-hydrogen) atoms. The molecule has 0 rings (SSSR count). The van der Waals surface area contributed by atoms with Crippen LogP contribution in [0.1, 0.15) is 251 Å². The van der Waals surface area contributed by atoms with Crippen LogP contribution in [0.25, 0.3) is 0 Å². The van der Waals surface area contributed by atoms with Gasteiger partial charge in [0, 0.05) is 6.42 Å². The second-order valence-corrected chi connectivity index (χ2v) is 16.2. The molecule has 0 bridgehead atoms. The topological polar surface area (TPSA) is 69.6 Å². The van der Waals surface area contributed by atoms with Crippen molar-refractivity contribution in [2.75, 3.05) is 6.61 Å². The second-order valence-electron chi connectivity index (χ2n) is 16.2. The Morgan fingerprint density at radius 2 is 0.736 bits per heavy atom. The van der Waals surface area contributed by atoms with E-state index in [0.29, 0.717) is 6.42 Å². The number of carbonyl (C=O) groups excluding carboxylic acids is 1. The van der Waals surface area contributed by atoms with E-state index < -0.39 is 12.1 Å². The molecule has 0 radical (unpaired) electrons. The van der Waals surface area contributed by atoms with E-state index in [4.69, 9.17) is 0 Å². The van der Waals surface area contributed by atoms with Crippen molar-refractivity contribution in [1.82, 2.24) is 5.32 Å². The summed E-state index contributed by atoms with van der Waals surface area (Å²) in [5.41, 5.74) is 0. The van der Waals surface area contributed by atoms with E-state index in [-0.39, 0.29) is 12.5 Å². The Kier molecular flexibility index (Phi) is 43.8. The molecule has 4 nitrogen and oxygen atoms in total. The monoisotopic (exact) mass is 744 g/mol. The maximum atomic E-state index is 12.4. The lowest BCUT2D eigenvalue weighted by Crippen LogP contribution is -2.45. The van der Waals surface area contributed by atoms with Crippen LogP contribution in [0.4, 0.5) is 0 Å². The highest BCUT2D eigenvalue weighted by Gasteiger charge is 2.17. The summed E-state index contributed by atoms with van der Waals surface area (Å²) in [6, 6.07) is -0.640. The van der Waals surface area contributed by atoms with Gasteiger partial charge in [-0.1, -0.05) is 224 Å². The molecular formula is C49H93NO3. The normalized spacial score (nSPS) is 13.2. The van der Waals surface area contributed by atoms with Crippen molar-refractivity contribution in [3.8, 4) is 0 Å². The van der Waals surface area contributed by atoms with Crippen molar-refractivity contribution >= 4 is 5.91 Å². The smallest absolute Gasteiger partial charge is 0.220 e. The molecule has 3 N–H and O–H groups in total. The minimum absolute atomic E-state index is 0.0768. The molecule has 0 aliphatic heterocycles. The highest BCUT2D eigenvalue weighted by molar-refractivity contribution is 5.76. The standard InChI is InChI=1S/C49H93NO3/c1-3-5-7-9-11-13-15-17-19-21-23-24-25-26-27-28-30-32-34-36-38-40-42-44-48(52)47(46-51)50-49(53)45-43-41-39-37-35-33-31-29-22-20-18-16-14-12-10-8-6-4-2/h20,22,34,36,42,44,47-48,51-52H,3-19,21,23-33,35,37-41,43,45-46H2,1-2H3,(H,50,53)/b22-20-,36-34+,44-42+. The number of hydrogen-bond donors (Lipinski definition) is 3. The fraction of sp³-hybridized carbons (Fsp3) is 0.857. The number of hydrogen-bond acceptors (Lipinski definition) is 3. The minimum atomic E-state index is -0.863. The van der Waals surface area contributed by atoms with Crippen molar-refractivity contribution in [3.63, 3.8) is 0 Å². The van der Waals surface area contributed by atoms with E-state index in [1.807, 2.05) is 6.08 Å².